The van der Waals surface area contributed by atoms with Crippen LogP contribution in [0.5, 0.6) is 0 Å². The number of aliphatic carboxylic acids is 1. The van der Waals surface area contributed by atoms with E-state index in [1.807, 2.05) is 0 Å². The van der Waals surface area contributed by atoms with Crippen LogP contribution in [0.4, 0.5) is 0 Å². The second-order valence-electron chi connectivity index (χ2n) is 4.40. The van der Waals surface area contributed by atoms with Gasteiger partial charge in [0.1, 0.15) is 6.04 Å². The Kier molecular flexibility index (Phi) is 3.35. The lowest BCUT2D eigenvalue weighted by atomic mass is 10.2. The molecular formula is C9H14N4O4S. The highest BCUT2D eigenvalue weighted by Crippen LogP contribution is 2.22. The fourth-order valence-electron chi connectivity index (χ4n) is 1.88. The van der Waals surface area contributed by atoms with E-state index < -0.39 is 21.8 Å². The average molecular weight is 274 g/mol. The van der Waals surface area contributed by atoms with E-state index in [1.54, 1.807) is 6.20 Å². The summed E-state index contributed by atoms with van der Waals surface area (Å²) in [7, 11) is -2.98. The molecule has 0 aliphatic carbocycles. The van der Waals surface area contributed by atoms with Crippen molar-refractivity contribution in [2.24, 2.45) is 5.73 Å². The molecule has 18 heavy (non-hydrogen) atoms. The summed E-state index contributed by atoms with van der Waals surface area (Å²) >= 11 is 0. The maximum absolute atomic E-state index is 11.3. The molecule has 1 fully saturated rings. The van der Waals surface area contributed by atoms with Crippen LogP contribution in [-0.2, 0) is 21.1 Å². The topological polar surface area (TPSA) is 128 Å². The van der Waals surface area contributed by atoms with Crippen LogP contribution in [0.25, 0.3) is 0 Å². The third kappa shape index (κ3) is 2.85. The molecule has 0 aromatic carbocycles. The predicted octanol–water partition coefficient (Wildman–Crippen LogP) is -1.41. The van der Waals surface area contributed by atoms with Gasteiger partial charge in [0, 0.05) is 12.6 Å². The first-order chi connectivity index (χ1) is 8.37. The van der Waals surface area contributed by atoms with Crippen molar-refractivity contribution >= 4 is 15.8 Å². The van der Waals surface area contributed by atoms with E-state index in [1.165, 1.54) is 4.68 Å². The summed E-state index contributed by atoms with van der Waals surface area (Å²) in [5, 5.41) is 16.3. The molecule has 2 rings (SSSR count). The third-order valence-corrected chi connectivity index (χ3v) is 4.64. The van der Waals surface area contributed by atoms with Gasteiger partial charge >= 0.3 is 5.97 Å². The van der Waals surface area contributed by atoms with Gasteiger partial charge in [0.2, 0.25) is 0 Å². The number of carboxylic acid groups (broad SMARTS) is 1. The Morgan fingerprint density at radius 3 is 2.94 bits per heavy atom. The summed E-state index contributed by atoms with van der Waals surface area (Å²) in [6.45, 7) is 0. The first-order valence-electron chi connectivity index (χ1n) is 5.47. The molecule has 1 saturated heterocycles. The molecule has 9 heteroatoms. The van der Waals surface area contributed by atoms with E-state index in [9.17, 15) is 13.2 Å². The number of rotatable bonds is 4. The first-order valence-corrected chi connectivity index (χ1v) is 7.29. The van der Waals surface area contributed by atoms with Crippen molar-refractivity contribution in [1.82, 2.24) is 15.0 Å². The molecule has 100 valence electrons. The van der Waals surface area contributed by atoms with E-state index in [0.29, 0.717) is 12.1 Å². The zero-order chi connectivity index (χ0) is 13.3. The lowest BCUT2D eigenvalue weighted by molar-refractivity contribution is -0.138. The fraction of sp³-hybridized carbons (Fsp3) is 0.667. The highest BCUT2D eigenvalue weighted by atomic mass is 32.2. The normalized spacial score (nSPS) is 23.9. The number of aromatic nitrogens is 3. The molecule has 2 atom stereocenters. The smallest absolute Gasteiger partial charge is 0.320 e. The van der Waals surface area contributed by atoms with E-state index in [-0.39, 0.29) is 24.0 Å². The summed E-state index contributed by atoms with van der Waals surface area (Å²) in [4.78, 5) is 10.6. The van der Waals surface area contributed by atoms with Crippen molar-refractivity contribution in [3.8, 4) is 0 Å². The van der Waals surface area contributed by atoms with Crippen LogP contribution in [0.1, 0.15) is 18.2 Å². The van der Waals surface area contributed by atoms with Crippen LogP contribution in [0, 0.1) is 0 Å². The lowest BCUT2D eigenvalue weighted by Gasteiger charge is -2.06. The molecule has 0 bridgehead atoms. The number of sulfone groups is 1. The highest BCUT2D eigenvalue weighted by molar-refractivity contribution is 7.91. The van der Waals surface area contributed by atoms with E-state index in [0.717, 1.165) is 0 Å². The molecule has 2 unspecified atom stereocenters. The Bertz CT molecular complexity index is 553. The number of hydrogen-bond acceptors (Lipinski definition) is 6. The molecule has 0 spiro atoms. The zero-order valence-corrected chi connectivity index (χ0v) is 10.4. The van der Waals surface area contributed by atoms with Crippen molar-refractivity contribution in [3.63, 3.8) is 0 Å². The van der Waals surface area contributed by atoms with Gasteiger partial charge in [-0.25, -0.2) is 13.1 Å². The molecule has 1 aliphatic heterocycles. The molecule has 8 nitrogen and oxygen atoms in total. The first kappa shape index (κ1) is 13.0. The SMILES string of the molecule is NC(Cc1cn(C2CCS(=O)(=O)C2)nn1)C(=O)O. The molecule has 1 aliphatic rings. The Morgan fingerprint density at radius 2 is 2.39 bits per heavy atom. The molecule has 1 aromatic heterocycles. The second kappa shape index (κ2) is 4.65. The van der Waals surface area contributed by atoms with Gasteiger partial charge in [-0.3, -0.25) is 4.79 Å². The van der Waals surface area contributed by atoms with Crippen LogP contribution in [-0.4, -0.2) is 52.0 Å². The third-order valence-electron chi connectivity index (χ3n) is 2.89. The number of carbonyl (C=O) groups is 1. The monoisotopic (exact) mass is 274 g/mol. The molecule has 0 saturated carbocycles. The minimum Gasteiger partial charge on any atom is -0.480 e. The number of nitrogens with two attached hydrogens (primary N) is 1. The van der Waals surface area contributed by atoms with Gasteiger partial charge in [0.15, 0.2) is 9.84 Å². The summed E-state index contributed by atoms with van der Waals surface area (Å²) in [5.74, 6) is -0.893. The van der Waals surface area contributed by atoms with Gasteiger partial charge in [-0.15, -0.1) is 5.10 Å². The van der Waals surface area contributed by atoms with Crippen molar-refractivity contribution in [2.45, 2.75) is 24.9 Å². The van der Waals surface area contributed by atoms with Crippen LogP contribution in [0.2, 0.25) is 0 Å². The van der Waals surface area contributed by atoms with Crippen molar-refractivity contribution in [3.05, 3.63) is 11.9 Å². The van der Waals surface area contributed by atoms with Crippen LogP contribution >= 0.6 is 0 Å². The van der Waals surface area contributed by atoms with Gasteiger partial charge in [-0.05, 0) is 6.42 Å². The summed E-state index contributed by atoms with van der Waals surface area (Å²) < 4.78 is 24.1. The van der Waals surface area contributed by atoms with E-state index in [4.69, 9.17) is 10.8 Å². The number of hydrogen-bond donors (Lipinski definition) is 2. The second-order valence-corrected chi connectivity index (χ2v) is 6.62. The Morgan fingerprint density at radius 1 is 1.67 bits per heavy atom. The van der Waals surface area contributed by atoms with Crippen LogP contribution in [0.3, 0.4) is 0 Å². The van der Waals surface area contributed by atoms with E-state index in [2.05, 4.69) is 10.3 Å². The van der Waals surface area contributed by atoms with Gasteiger partial charge in [0.05, 0.1) is 23.2 Å². The zero-order valence-electron chi connectivity index (χ0n) is 9.56. The minimum absolute atomic E-state index is 0.0563. The maximum Gasteiger partial charge on any atom is 0.320 e. The Labute approximate surface area is 104 Å². The standard InChI is InChI=1S/C9H14N4O4S/c10-8(9(14)15)3-6-4-13(12-11-6)7-1-2-18(16,17)5-7/h4,7-8H,1-3,5,10H2,(H,14,15). The molecular weight excluding hydrogens is 260 g/mol. The quantitative estimate of drug-likeness (QED) is 0.690. The minimum atomic E-state index is -2.98. The van der Waals surface area contributed by atoms with Crippen molar-refractivity contribution in [1.29, 1.82) is 0 Å². The summed E-state index contributed by atoms with van der Waals surface area (Å²) in [6, 6.07) is -1.24. The highest BCUT2D eigenvalue weighted by Gasteiger charge is 2.30. The van der Waals surface area contributed by atoms with E-state index >= 15 is 0 Å². The molecule has 0 radical (unpaired) electrons. The van der Waals surface area contributed by atoms with Crippen LogP contribution < -0.4 is 5.73 Å². The Balaban J connectivity index is 2.05. The fourth-order valence-corrected chi connectivity index (χ4v) is 3.59. The predicted molar refractivity (Wildman–Crippen MR) is 61.6 cm³/mol. The average Bonchev–Trinajstić information content (AvgIpc) is 2.84. The Hall–Kier alpha value is -1.48. The van der Waals surface area contributed by atoms with Gasteiger partial charge < -0.3 is 10.8 Å². The summed E-state index contributed by atoms with van der Waals surface area (Å²) in [5.41, 5.74) is 5.83. The van der Waals surface area contributed by atoms with Gasteiger partial charge in [-0.2, -0.15) is 0 Å². The maximum atomic E-state index is 11.3. The molecule has 1 aromatic rings. The summed E-state index contributed by atoms with van der Waals surface area (Å²) in [6.07, 6.45) is 2.15. The van der Waals surface area contributed by atoms with Gasteiger partial charge in [0.25, 0.3) is 0 Å². The largest absolute Gasteiger partial charge is 0.480 e. The van der Waals surface area contributed by atoms with Gasteiger partial charge in [-0.1, -0.05) is 5.21 Å². The van der Waals surface area contributed by atoms with Crippen LogP contribution in [0.15, 0.2) is 6.20 Å². The van der Waals surface area contributed by atoms with Crippen molar-refractivity contribution in [2.75, 3.05) is 11.5 Å². The van der Waals surface area contributed by atoms with Crippen molar-refractivity contribution < 1.29 is 18.3 Å². The number of carboxylic acids is 1. The lowest BCUT2D eigenvalue weighted by Crippen LogP contribution is -2.32. The molecule has 3 N–H and O–H groups in total. The number of nitrogens with zero attached hydrogens (tertiary/aromatic N) is 3. The molecule has 0 amide bonds. The molecule has 2 heterocycles.